The Balaban J connectivity index is 2.57. The summed E-state index contributed by atoms with van der Waals surface area (Å²) in [6.45, 7) is 5.66. The fourth-order valence-corrected chi connectivity index (χ4v) is 1.05. The van der Waals surface area contributed by atoms with Gasteiger partial charge in [0.15, 0.2) is 0 Å². The first-order chi connectivity index (χ1) is 7.63. The summed E-state index contributed by atoms with van der Waals surface area (Å²) >= 11 is 0. The Morgan fingerprint density at radius 2 is 2.19 bits per heavy atom. The molecule has 1 amide bonds. The molecule has 0 spiro atoms. The first-order valence-electron chi connectivity index (χ1n) is 5.03. The van der Waals surface area contributed by atoms with Gasteiger partial charge in [-0.1, -0.05) is 12.7 Å². The Kier molecular flexibility index (Phi) is 4.54. The van der Waals surface area contributed by atoms with Crippen molar-refractivity contribution in [3.63, 3.8) is 0 Å². The first kappa shape index (κ1) is 12.3. The lowest BCUT2D eigenvalue weighted by atomic mass is 10.2. The van der Waals surface area contributed by atoms with Crippen LogP contribution in [0.4, 0.5) is 5.69 Å². The van der Waals surface area contributed by atoms with E-state index in [0.29, 0.717) is 12.3 Å². The van der Waals surface area contributed by atoms with Gasteiger partial charge in [0.25, 0.3) is 0 Å². The molecule has 0 aliphatic carbocycles. The maximum Gasteiger partial charge on any atom is 0.240 e. The van der Waals surface area contributed by atoms with Crippen molar-refractivity contribution in [2.75, 3.05) is 11.9 Å². The summed E-state index contributed by atoms with van der Waals surface area (Å²) in [5.74, 6) is 0.526. The summed E-state index contributed by atoms with van der Waals surface area (Å²) in [7, 11) is 0. The van der Waals surface area contributed by atoms with E-state index in [1.165, 1.54) is 0 Å². The molecule has 16 heavy (non-hydrogen) atoms. The lowest BCUT2D eigenvalue weighted by Gasteiger charge is -2.08. The molecule has 0 saturated carbocycles. The van der Waals surface area contributed by atoms with Gasteiger partial charge in [-0.3, -0.25) is 4.79 Å². The molecular weight excluding hydrogens is 204 g/mol. The number of ether oxygens (including phenoxy) is 1. The Morgan fingerprint density at radius 1 is 1.56 bits per heavy atom. The maximum atomic E-state index is 11.3. The van der Waals surface area contributed by atoms with E-state index in [0.717, 1.165) is 5.75 Å². The lowest BCUT2D eigenvalue weighted by molar-refractivity contribution is -0.117. The molecule has 4 heteroatoms. The predicted molar refractivity (Wildman–Crippen MR) is 64.4 cm³/mol. The molecule has 4 nitrogen and oxygen atoms in total. The van der Waals surface area contributed by atoms with Crippen LogP contribution in [0.2, 0.25) is 0 Å². The van der Waals surface area contributed by atoms with Crippen molar-refractivity contribution in [1.82, 2.24) is 0 Å². The lowest BCUT2D eigenvalue weighted by Crippen LogP contribution is -2.32. The third kappa shape index (κ3) is 3.74. The number of amides is 1. The van der Waals surface area contributed by atoms with Crippen LogP contribution in [-0.4, -0.2) is 18.6 Å². The highest BCUT2D eigenvalue weighted by atomic mass is 16.5. The first-order valence-corrected chi connectivity index (χ1v) is 5.03. The standard InChI is InChI=1S/C12H16N2O2/c1-3-8-16-11-6-4-10(5-7-11)14-12(15)9(2)13/h3-7,9H,1,8,13H2,2H3,(H,14,15). The van der Waals surface area contributed by atoms with Gasteiger partial charge in [0.1, 0.15) is 12.4 Å². The van der Waals surface area contributed by atoms with Crippen LogP contribution in [0, 0.1) is 0 Å². The summed E-state index contributed by atoms with van der Waals surface area (Å²) in [5.41, 5.74) is 6.13. The van der Waals surface area contributed by atoms with Gasteiger partial charge in [-0.2, -0.15) is 0 Å². The van der Waals surface area contributed by atoms with Gasteiger partial charge in [-0.25, -0.2) is 0 Å². The second-order valence-electron chi connectivity index (χ2n) is 3.40. The van der Waals surface area contributed by atoms with Crippen molar-refractivity contribution in [3.8, 4) is 5.75 Å². The minimum absolute atomic E-state index is 0.209. The molecule has 1 rings (SSSR count). The van der Waals surface area contributed by atoms with Crippen molar-refractivity contribution in [3.05, 3.63) is 36.9 Å². The number of anilines is 1. The van der Waals surface area contributed by atoms with Gasteiger partial charge in [0, 0.05) is 5.69 Å². The number of benzene rings is 1. The third-order valence-electron chi connectivity index (χ3n) is 1.90. The molecule has 0 bridgehead atoms. The number of nitrogens with two attached hydrogens (primary N) is 1. The number of hydrogen-bond donors (Lipinski definition) is 2. The van der Waals surface area contributed by atoms with Crippen molar-refractivity contribution >= 4 is 11.6 Å². The minimum atomic E-state index is -0.517. The van der Waals surface area contributed by atoms with Crippen LogP contribution in [0.15, 0.2) is 36.9 Å². The van der Waals surface area contributed by atoms with Gasteiger partial charge in [-0.05, 0) is 31.2 Å². The van der Waals surface area contributed by atoms with Crippen molar-refractivity contribution in [2.45, 2.75) is 13.0 Å². The summed E-state index contributed by atoms with van der Waals surface area (Å²) in [4.78, 5) is 11.3. The number of carbonyl (C=O) groups excluding carboxylic acids is 1. The topological polar surface area (TPSA) is 64.3 Å². The van der Waals surface area contributed by atoms with E-state index in [1.807, 2.05) is 0 Å². The molecule has 0 radical (unpaired) electrons. The fourth-order valence-electron chi connectivity index (χ4n) is 1.05. The quantitative estimate of drug-likeness (QED) is 0.740. The van der Waals surface area contributed by atoms with E-state index in [2.05, 4.69) is 11.9 Å². The van der Waals surface area contributed by atoms with Crippen LogP contribution in [0.25, 0.3) is 0 Å². The van der Waals surface area contributed by atoms with Crippen molar-refractivity contribution < 1.29 is 9.53 Å². The average Bonchev–Trinajstić information content (AvgIpc) is 2.28. The van der Waals surface area contributed by atoms with Crippen LogP contribution in [-0.2, 0) is 4.79 Å². The summed E-state index contributed by atoms with van der Waals surface area (Å²) in [6.07, 6.45) is 1.67. The highest BCUT2D eigenvalue weighted by molar-refractivity contribution is 5.94. The summed E-state index contributed by atoms with van der Waals surface area (Å²) in [5, 5.41) is 2.69. The zero-order valence-corrected chi connectivity index (χ0v) is 9.27. The normalized spacial score (nSPS) is 11.6. The average molecular weight is 220 g/mol. The van der Waals surface area contributed by atoms with E-state index in [-0.39, 0.29) is 5.91 Å². The molecule has 0 aliphatic heterocycles. The van der Waals surface area contributed by atoms with Crippen LogP contribution < -0.4 is 15.8 Å². The zero-order chi connectivity index (χ0) is 12.0. The molecule has 1 aromatic rings. The SMILES string of the molecule is C=CCOc1ccc(NC(=O)C(C)N)cc1. The molecule has 1 atom stereocenters. The number of carbonyl (C=O) groups is 1. The van der Waals surface area contributed by atoms with Crippen molar-refractivity contribution in [1.29, 1.82) is 0 Å². The van der Waals surface area contributed by atoms with Crippen LogP contribution in [0.3, 0.4) is 0 Å². The van der Waals surface area contributed by atoms with E-state index in [9.17, 15) is 4.79 Å². The molecule has 3 N–H and O–H groups in total. The molecule has 0 aromatic heterocycles. The molecular formula is C12H16N2O2. The maximum absolute atomic E-state index is 11.3. The molecule has 86 valence electrons. The van der Waals surface area contributed by atoms with E-state index < -0.39 is 6.04 Å². The van der Waals surface area contributed by atoms with E-state index in [1.54, 1.807) is 37.3 Å². The number of hydrogen-bond acceptors (Lipinski definition) is 3. The van der Waals surface area contributed by atoms with E-state index >= 15 is 0 Å². The highest BCUT2D eigenvalue weighted by Gasteiger charge is 2.06. The van der Waals surface area contributed by atoms with Gasteiger partial charge >= 0.3 is 0 Å². The summed E-state index contributed by atoms with van der Waals surface area (Å²) < 4.78 is 5.31. The van der Waals surface area contributed by atoms with Crippen LogP contribution in [0.5, 0.6) is 5.75 Å². The molecule has 0 aliphatic rings. The smallest absolute Gasteiger partial charge is 0.240 e. The fraction of sp³-hybridized carbons (Fsp3) is 0.250. The number of nitrogens with one attached hydrogen (secondary N) is 1. The van der Waals surface area contributed by atoms with Gasteiger partial charge in [-0.15, -0.1) is 0 Å². The predicted octanol–water partition coefficient (Wildman–Crippen LogP) is 1.54. The van der Waals surface area contributed by atoms with Gasteiger partial charge in [0.05, 0.1) is 6.04 Å². The monoisotopic (exact) mass is 220 g/mol. The largest absolute Gasteiger partial charge is 0.490 e. The molecule has 0 saturated heterocycles. The number of rotatable bonds is 5. The minimum Gasteiger partial charge on any atom is -0.490 e. The highest BCUT2D eigenvalue weighted by Crippen LogP contribution is 2.15. The van der Waals surface area contributed by atoms with Crippen molar-refractivity contribution in [2.24, 2.45) is 5.73 Å². The molecule has 0 fully saturated rings. The van der Waals surface area contributed by atoms with Crippen LogP contribution >= 0.6 is 0 Å². The molecule has 0 heterocycles. The van der Waals surface area contributed by atoms with Gasteiger partial charge < -0.3 is 15.8 Å². The third-order valence-corrected chi connectivity index (χ3v) is 1.90. The van der Waals surface area contributed by atoms with E-state index in [4.69, 9.17) is 10.5 Å². The molecule has 1 aromatic carbocycles. The Morgan fingerprint density at radius 3 is 2.69 bits per heavy atom. The zero-order valence-electron chi connectivity index (χ0n) is 9.27. The van der Waals surface area contributed by atoms with Gasteiger partial charge in [0.2, 0.25) is 5.91 Å². The van der Waals surface area contributed by atoms with Crippen LogP contribution in [0.1, 0.15) is 6.92 Å². The Labute approximate surface area is 95.1 Å². The second-order valence-corrected chi connectivity index (χ2v) is 3.40. The Hall–Kier alpha value is -1.81. The Bertz CT molecular complexity index is 358. The summed E-state index contributed by atoms with van der Waals surface area (Å²) in [6, 6.07) is 6.56. The molecule has 1 unspecified atom stereocenters. The second kappa shape index (κ2) is 5.92.